The lowest BCUT2D eigenvalue weighted by molar-refractivity contribution is -0.121. The number of carbonyl (C=O) groups is 4. The molecule has 198 valence electrons. The van der Waals surface area contributed by atoms with Crippen LogP contribution in [0.1, 0.15) is 58.2 Å². The molecule has 0 radical (unpaired) electrons. The number of hydrogen-bond acceptors (Lipinski definition) is 9. The molecule has 0 bridgehead atoms. The van der Waals surface area contributed by atoms with Crippen LogP contribution in [0, 0.1) is 11.3 Å². The first-order valence-electron chi connectivity index (χ1n) is 12.1. The molecule has 1 atom stereocenters. The van der Waals surface area contributed by atoms with Gasteiger partial charge < -0.3 is 9.47 Å². The molecular weight excluding hydrogens is 518 g/mol. The Morgan fingerprint density at radius 3 is 2.33 bits per heavy atom. The number of nitriles is 1. The number of anilines is 1. The van der Waals surface area contributed by atoms with Gasteiger partial charge in [-0.1, -0.05) is 25.6 Å². The number of Topliss-reactive ketones (excluding diaryl/α,β-unsaturated/α-hetero) is 1. The molecule has 0 spiro atoms. The molecular formula is C29H25N3O6S. The Morgan fingerprint density at radius 2 is 1.72 bits per heavy atom. The fraction of sp³-hybridized carbons (Fsp3) is 0.241. The summed E-state index contributed by atoms with van der Waals surface area (Å²) in [4.78, 5) is 56.3. The molecule has 1 fully saturated rings. The molecule has 0 N–H and O–H groups in total. The molecule has 1 aliphatic rings. The quantitative estimate of drug-likeness (QED) is 0.217. The molecule has 2 aromatic carbocycles. The van der Waals surface area contributed by atoms with Crippen LogP contribution >= 0.6 is 11.8 Å². The molecule has 1 aromatic heterocycles. The Kier molecular flexibility index (Phi) is 8.42. The van der Waals surface area contributed by atoms with Crippen molar-refractivity contribution in [1.29, 1.82) is 5.26 Å². The van der Waals surface area contributed by atoms with E-state index in [1.165, 1.54) is 31.4 Å². The molecule has 10 heteroatoms. The Bertz CT molecular complexity index is 1460. The van der Waals surface area contributed by atoms with E-state index in [2.05, 4.69) is 11.1 Å². The van der Waals surface area contributed by atoms with Gasteiger partial charge in [0.05, 0.1) is 29.2 Å². The van der Waals surface area contributed by atoms with Gasteiger partial charge >= 0.3 is 5.97 Å². The number of benzene rings is 2. The summed E-state index contributed by atoms with van der Waals surface area (Å²) in [5, 5.41) is 9.15. The second-order valence-corrected chi connectivity index (χ2v) is 10.2. The molecule has 9 nitrogen and oxygen atoms in total. The van der Waals surface area contributed by atoms with Crippen molar-refractivity contribution in [2.75, 3.05) is 18.6 Å². The third-order valence-corrected chi connectivity index (χ3v) is 7.25. The number of aromatic nitrogens is 1. The number of methoxy groups -OCH3 is 1. The predicted octanol–water partition coefficient (Wildman–Crippen LogP) is 4.55. The highest BCUT2D eigenvalue weighted by atomic mass is 32.2. The number of rotatable bonds is 9. The lowest BCUT2D eigenvalue weighted by atomic mass is 10.1. The topological polar surface area (TPSA) is 127 Å². The number of thioether (sulfide) groups is 1. The van der Waals surface area contributed by atoms with Gasteiger partial charge in [-0.05, 0) is 66.6 Å². The van der Waals surface area contributed by atoms with Gasteiger partial charge in [-0.25, -0.2) is 14.7 Å². The Morgan fingerprint density at radius 1 is 1.05 bits per heavy atom. The van der Waals surface area contributed by atoms with Crippen LogP contribution < -0.4 is 9.64 Å². The molecule has 1 saturated heterocycles. The van der Waals surface area contributed by atoms with Crippen LogP contribution in [0.3, 0.4) is 0 Å². The summed E-state index contributed by atoms with van der Waals surface area (Å²) >= 11 is 1.10. The maximum atomic E-state index is 13.1. The van der Waals surface area contributed by atoms with Crippen molar-refractivity contribution in [3.63, 3.8) is 0 Å². The van der Waals surface area contributed by atoms with Crippen LogP contribution in [0.5, 0.6) is 5.75 Å². The normalized spacial score (nSPS) is 14.8. The molecule has 0 aliphatic carbocycles. The van der Waals surface area contributed by atoms with Crippen molar-refractivity contribution in [3.8, 4) is 11.8 Å². The van der Waals surface area contributed by atoms with E-state index in [1.807, 2.05) is 13.8 Å². The lowest BCUT2D eigenvalue weighted by Gasteiger charge is -2.16. The molecule has 3 aromatic rings. The third kappa shape index (κ3) is 6.16. The minimum absolute atomic E-state index is 0.0424. The Balaban J connectivity index is 1.40. The van der Waals surface area contributed by atoms with Gasteiger partial charge in [0, 0.05) is 17.7 Å². The van der Waals surface area contributed by atoms with Crippen LogP contribution in [0.2, 0.25) is 0 Å². The summed E-state index contributed by atoms with van der Waals surface area (Å²) in [6.45, 7) is 3.52. The second-order valence-electron chi connectivity index (χ2n) is 9.01. The first kappa shape index (κ1) is 27.5. The van der Waals surface area contributed by atoms with Gasteiger partial charge in [0.2, 0.25) is 11.8 Å². The third-order valence-electron chi connectivity index (χ3n) is 6.06. The molecule has 2 heterocycles. The zero-order valence-electron chi connectivity index (χ0n) is 21.5. The van der Waals surface area contributed by atoms with E-state index in [1.54, 1.807) is 36.4 Å². The number of esters is 1. The Labute approximate surface area is 229 Å². The zero-order valence-corrected chi connectivity index (χ0v) is 22.4. The number of imide groups is 1. The molecule has 2 amide bonds. The van der Waals surface area contributed by atoms with Crippen LogP contribution in [0.4, 0.5) is 5.69 Å². The maximum absolute atomic E-state index is 13.1. The van der Waals surface area contributed by atoms with Gasteiger partial charge in [-0.2, -0.15) is 5.26 Å². The van der Waals surface area contributed by atoms with E-state index >= 15 is 0 Å². The van der Waals surface area contributed by atoms with Gasteiger partial charge in [-0.3, -0.25) is 14.4 Å². The smallest absolute Gasteiger partial charge is 0.338 e. The second kappa shape index (κ2) is 11.9. The fourth-order valence-electron chi connectivity index (χ4n) is 3.87. The first-order valence-corrected chi connectivity index (χ1v) is 13.0. The van der Waals surface area contributed by atoms with E-state index in [4.69, 9.17) is 9.47 Å². The fourth-order valence-corrected chi connectivity index (χ4v) is 4.98. The minimum atomic E-state index is -0.729. The van der Waals surface area contributed by atoms with E-state index in [0.717, 1.165) is 22.4 Å². The number of carbonyl (C=O) groups excluding carboxylic acids is 4. The van der Waals surface area contributed by atoms with Gasteiger partial charge in [0.25, 0.3) is 0 Å². The van der Waals surface area contributed by atoms with Crippen molar-refractivity contribution >= 4 is 41.0 Å². The van der Waals surface area contributed by atoms with E-state index in [-0.39, 0.29) is 23.7 Å². The van der Waals surface area contributed by atoms with E-state index in [9.17, 15) is 24.4 Å². The van der Waals surface area contributed by atoms with Crippen molar-refractivity contribution in [2.24, 2.45) is 0 Å². The number of nitrogens with zero attached hydrogens (tertiary/aromatic N) is 3. The summed E-state index contributed by atoms with van der Waals surface area (Å²) in [6, 6.07) is 17.8. The molecule has 4 rings (SSSR count). The summed E-state index contributed by atoms with van der Waals surface area (Å²) in [6.07, 6.45) is -0.0424. The predicted molar refractivity (Wildman–Crippen MR) is 144 cm³/mol. The average molecular weight is 544 g/mol. The largest absolute Gasteiger partial charge is 0.497 e. The summed E-state index contributed by atoms with van der Waals surface area (Å²) in [5.74, 6) is -1.15. The number of hydrogen-bond donors (Lipinski definition) is 0. The van der Waals surface area contributed by atoms with E-state index < -0.39 is 29.6 Å². The highest BCUT2D eigenvalue weighted by Crippen LogP contribution is 2.35. The van der Waals surface area contributed by atoms with Gasteiger partial charge in [0.15, 0.2) is 12.4 Å². The van der Waals surface area contributed by atoms with Crippen LogP contribution in [-0.4, -0.2) is 47.5 Å². The summed E-state index contributed by atoms with van der Waals surface area (Å²) < 4.78 is 10.2. The first-order chi connectivity index (χ1) is 18.7. The number of amides is 2. The molecule has 39 heavy (non-hydrogen) atoms. The van der Waals surface area contributed by atoms with Crippen LogP contribution in [-0.2, 0) is 14.3 Å². The molecule has 0 saturated carbocycles. The van der Waals surface area contributed by atoms with Crippen molar-refractivity contribution in [3.05, 3.63) is 83.0 Å². The standard InChI is InChI=1S/C29H25N3O6S/c1-17(2)23-13-8-20(15-30)27(31-23)39-25-14-26(34)32(28(25)35)21-9-4-19(5-10-21)29(36)38-16-24(33)18-6-11-22(37-3)12-7-18/h4-13,17,25H,14,16H2,1-3H3. The average Bonchev–Trinajstić information content (AvgIpc) is 3.23. The summed E-state index contributed by atoms with van der Waals surface area (Å²) in [7, 11) is 1.52. The van der Waals surface area contributed by atoms with Crippen molar-refractivity contribution in [2.45, 2.75) is 36.5 Å². The number of pyridine rings is 1. The number of ether oxygens (including phenoxy) is 2. The van der Waals surface area contributed by atoms with E-state index in [0.29, 0.717) is 27.6 Å². The highest BCUT2D eigenvalue weighted by Gasteiger charge is 2.40. The summed E-state index contributed by atoms with van der Waals surface area (Å²) in [5.41, 5.74) is 1.99. The Hall–Kier alpha value is -4.49. The minimum Gasteiger partial charge on any atom is -0.497 e. The lowest BCUT2D eigenvalue weighted by Crippen LogP contribution is -2.31. The van der Waals surface area contributed by atoms with Crippen LogP contribution in [0.25, 0.3) is 0 Å². The van der Waals surface area contributed by atoms with Crippen molar-refractivity contribution in [1.82, 2.24) is 4.98 Å². The zero-order chi connectivity index (χ0) is 28.1. The van der Waals surface area contributed by atoms with Gasteiger partial charge in [-0.15, -0.1) is 0 Å². The molecule has 1 unspecified atom stereocenters. The van der Waals surface area contributed by atoms with Crippen molar-refractivity contribution < 1.29 is 28.7 Å². The highest BCUT2D eigenvalue weighted by molar-refractivity contribution is 8.00. The molecule has 1 aliphatic heterocycles. The number of ketones is 1. The van der Waals surface area contributed by atoms with Gasteiger partial charge in [0.1, 0.15) is 16.8 Å². The maximum Gasteiger partial charge on any atom is 0.338 e. The monoisotopic (exact) mass is 543 g/mol. The van der Waals surface area contributed by atoms with Crippen LogP contribution in [0.15, 0.2) is 65.7 Å². The SMILES string of the molecule is COc1ccc(C(=O)COC(=O)c2ccc(N3C(=O)CC(Sc4nc(C(C)C)ccc4C#N)C3=O)cc2)cc1.